The lowest BCUT2D eigenvalue weighted by molar-refractivity contribution is -0.145. The van der Waals surface area contributed by atoms with Crippen LogP contribution in [0.4, 0.5) is 4.39 Å². The van der Waals surface area contributed by atoms with Gasteiger partial charge in [-0.1, -0.05) is 35.3 Å². The zero-order valence-corrected chi connectivity index (χ0v) is 17.9. The summed E-state index contributed by atoms with van der Waals surface area (Å²) in [4.78, 5) is 36.5. The number of hydrogen-bond acceptors (Lipinski definition) is 4. The Labute approximate surface area is 188 Å². The lowest BCUT2D eigenvalue weighted by atomic mass is 9.77. The Morgan fingerprint density at radius 3 is 2.35 bits per heavy atom. The minimum atomic E-state index is -0.867. The number of piperidine rings is 1. The molecule has 162 valence electrons. The first-order valence-electron chi connectivity index (χ1n) is 9.74. The van der Waals surface area contributed by atoms with Crippen molar-refractivity contribution in [2.24, 2.45) is 0 Å². The zero-order valence-electron chi connectivity index (χ0n) is 16.3. The molecule has 4 rings (SSSR count). The molecule has 2 aliphatic heterocycles. The van der Waals surface area contributed by atoms with Crippen molar-refractivity contribution in [3.63, 3.8) is 0 Å². The van der Waals surface area contributed by atoms with Gasteiger partial charge in [0.2, 0.25) is 17.7 Å². The van der Waals surface area contributed by atoms with Crippen LogP contribution >= 0.6 is 23.2 Å². The molecule has 2 aromatic carbocycles. The molecule has 0 spiro atoms. The first kappa shape index (κ1) is 21.7. The summed E-state index contributed by atoms with van der Waals surface area (Å²) >= 11 is 12.8. The average molecular weight is 465 g/mol. The quantitative estimate of drug-likeness (QED) is 0.665. The van der Waals surface area contributed by atoms with Crippen LogP contribution in [0, 0.1) is 5.82 Å². The highest BCUT2D eigenvalue weighted by Crippen LogP contribution is 2.37. The predicted molar refractivity (Wildman–Crippen MR) is 112 cm³/mol. The van der Waals surface area contributed by atoms with Crippen LogP contribution in [-0.2, 0) is 31.1 Å². The molecular weight excluding hydrogens is 446 g/mol. The number of rotatable bonds is 5. The third kappa shape index (κ3) is 4.18. The van der Waals surface area contributed by atoms with Gasteiger partial charge in [0.15, 0.2) is 0 Å². The van der Waals surface area contributed by atoms with E-state index in [-0.39, 0.29) is 43.8 Å². The Balaban J connectivity index is 1.49. The molecule has 0 saturated carbocycles. The van der Waals surface area contributed by atoms with E-state index in [4.69, 9.17) is 27.9 Å². The first-order chi connectivity index (χ1) is 14.8. The molecule has 2 heterocycles. The highest BCUT2D eigenvalue weighted by molar-refractivity contribution is 6.36. The van der Waals surface area contributed by atoms with E-state index in [2.05, 4.69) is 10.6 Å². The van der Waals surface area contributed by atoms with Gasteiger partial charge >= 0.3 is 0 Å². The Morgan fingerprint density at radius 1 is 1.16 bits per heavy atom. The van der Waals surface area contributed by atoms with Gasteiger partial charge in [0.1, 0.15) is 11.2 Å². The van der Waals surface area contributed by atoms with E-state index in [1.165, 1.54) is 12.1 Å². The van der Waals surface area contributed by atoms with Crippen molar-refractivity contribution in [2.75, 3.05) is 13.2 Å². The molecule has 2 aliphatic rings. The van der Waals surface area contributed by atoms with Crippen LogP contribution in [0.15, 0.2) is 36.4 Å². The molecule has 2 fully saturated rings. The molecular formula is C22H19Cl2FN2O4. The predicted octanol–water partition coefficient (Wildman–Crippen LogP) is 3.24. The fourth-order valence-electron chi connectivity index (χ4n) is 3.90. The Kier molecular flexibility index (Phi) is 6.01. The third-order valence-electron chi connectivity index (χ3n) is 5.71. The number of amides is 3. The summed E-state index contributed by atoms with van der Waals surface area (Å²) in [5.41, 5.74) is 0.947. The van der Waals surface area contributed by atoms with Crippen molar-refractivity contribution in [3.05, 3.63) is 69.0 Å². The number of halogens is 3. The van der Waals surface area contributed by atoms with Gasteiger partial charge in [-0.05, 0) is 41.8 Å². The molecule has 0 aliphatic carbocycles. The third-order valence-corrected chi connectivity index (χ3v) is 6.33. The second-order valence-electron chi connectivity index (χ2n) is 7.74. The van der Waals surface area contributed by atoms with E-state index in [0.29, 0.717) is 33.2 Å². The molecule has 0 bridgehead atoms. The van der Waals surface area contributed by atoms with Gasteiger partial charge in [0.25, 0.3) is 0 Å². The smallest absolute Gasteiger partial charge is 0.235 e. The highest BCUT2D eigenvalue weighted by Gasteiger charge is 2.47. The second kappa shape index (κ2) is 8.57. The SMILES string of the molecule is O=C1CCC(c2c(Cl)cc(CNC(=O)C3(c4ccc(F)cc4)COC3)cc2Cl)C(=O)N1. The summed E-state index contributed by atoms with van der Waals surface area (Å²) in [7, 11) is 0. The fraction of sp³-hybridized carbons (Fsp3) is 0.318. The summed E-state index contributed by atoms with van der Waals surface area (Å²) in [6.45, 7) is 0.581. The van der Waals surface area contributed by atoms with Crippen LogP contribution in [0.25, 0.3) is 0 Å². The van der Waals surface area contributed by atoms with Crippen LogP contribution < -0.4 is 10.6 Å². The second-order valence-corrected chi connectivity index (χ2v) is 8.56. The van der Waals surface area contributed by atoms with E-state index in [9.17, 15) is 18.8 Å². The highest BCUT2D eigenvalue weighted by atomic mass is 35.5. The van der Waals surface area contributed by atoms with Crippen LogP contribution in [0.1, 0.15) is 35.4 Å². The van der Waals surface area contributed by atoms with Gasteiger partial charge in [0.05, 0.1) is 19.1 Å². The van der Waals surface area contributed by atoms with Crippen molar-refractivity contribution in [2.45, 2.75) is 30.7 Å². The van der Waals surface area contributed by atoms with Crippen molar-refractivity contribution in [3.8, 4) is 0 Å². The topological polar surface area (TPSA) is 84.5 Å². The molecule has 0 radical (unpaired) electrons. The van der Waals surface area contributed by atoms with Crippen molar-refractivity contribution in [1.82, 2.24) is 10.6 Å². The maximum atomic E-state index is 13.3. The summed E-state index contributed by atoms with van der Waals surface area (Å²) < 4.78 is 18.5. The van der Waals surface area contributed by atoms with Crippen molar-refractivity contribution >= 4 is 40.9 Å². The van der Waals surface area contributed by atoms with Crippen molar-refractivity contribution in [1.29, 1.82) is 0 Å². The number of carbonyl (C=O) groups excluding carboxylic acids is 3. The molecule has 31 heavy (non-hydrogen) atoms. The molecule has 2 aromatic rings. The fourth-order valence-corrected chi connectivity index (χ4v) is 4.69. The molecule has 1 unspecified atom stereocenters. The lowest BCUT2D eigenvalue weighted by Crippen LogP contribution is -2.57. The standard InChI is InChI=1S/C22H19Cl2FN2O4/c23-16-7-12(8-17(24)19(16)15-5-6-18(28)27-20(15)29)9-26-21(30)22(10-31-11-22)13-1-3-14(25)4-2-13/h1-4,7-8,15H,5-6,9-11H2,(H,26,30)(H,27,28,29). The van der Waals surface area contributed by atoms with Crippen LogP contribution in [0.5, 0.6) is 0 Å². The van der Waals surface area contributed by atoms with E-state index in [1.807, 2.05) is 0 Å². The van der Waals surface area contributed by atoms with E-state index >= 15 is 0 Å². The average Bonchev–Trinajstić information content (AvgIpc) is 2.68. The maximum absolute atomic E-state index is 13.3. The lowest BCUT2D eigenvalue weighted by Gasteiger charge is -2.40. The Morgan fingerprint density at radius 2 is 1.81 bits per heavy atom. The van der Waals surface area contributed by atoms with Crippen molar-refractivity contribution < 1.29 is 23.5 Å². The van der Waals surface area contributed by atoms with Gasteiger partial charge in [-0.15, -0.1) is 0 Å². The van der Waals surface area contributed by atoms with Gasteiger partial charge < -0.3 is 10.1 Å². The minimum absolute atomic E-state index is 0.164. The first-order valence-corrected chi connectivity index (χ1v) is 10.5. The molecule has 1 atom stereocenters. The largest absolute Gasteiger partial charge is 0.378 e. The van der Waals surface area contributed by atoms with Gasteiger partial charge in [-0.2, -0.15) is 0 Å². The molecule has 9 heteroatoms. The zero-order chi connectivity index (χ0) is 22.2. The Bertz CT molecular complexity index is 1030. The molecule has 2 N–H and O–H groups in total. The van der Waals surface area contributed by atoms with Crippen LogP contribution in [-0.4, -0.2) is 30.9 Å². The monoisotopic (exact) mass is 464 g/mol. The Hall–Kier alpha value is -2.48. The van der Waals surface area contributed by atoms with E-state index in [0.717, 1.165) is 0 Å². The summed E-state index contributed by atoms with van der Waals surface area (Å²) in [6.07, 6.45) is 0.550. The van der Waals surface area contributed by atoms with Gasteiger partial charge in [0, 0.05) is 28.6 Å². The number of carbonyl (C=O) groups is 3. The molecule has 2 saturated heterocycles. The van der Waals surface area contributed by atoms with E-state index in [1.54, 1.807) is 24.3 Å². The van der Waals surface area contributed by atoms with Crippen LogP contribution in [0.2, 0.25) is 10.0 Å². The summed E-state index contributed by atoms with van der Waals surface area (Å²) in [5.74, 6) is -1.96. The maximum Gasteiger partial charge on any atom is 0.235 e. The number of ether oxygens (including phenoxy) is 1. The molecule has 3 amide bonds. The summed E-state index contributed by atoms with van der Waals surface area (Å²) in [5, 5.41) is 5.76. The molecule has 6 nitrogen and oxygen atoms in total. The van der Waals surface area contributed by atoms with Crippen LogP contribution in [0.3, 0.4) is 0 Å². The molecule has 0 aromatic heterocycles. The summed E-state index contributed by atoms with van der Waals surface area (Å²) in [6, 6.07) is 9.09. The number of imide groups is 1. The van der Waals surface area contributed by atoms with Gasteiger partial charge in [-0.3, -0.25) is 19.7 Å². The van der Waals surface area contributed by atoms with Gasteiger partial charge in [-0.25, -0.2) is 4.39 Å². The normalized spacial score (nSPS) is 20.0. The number of nitrogens with one attached hydrogen (secondary N) is 2. The number of benzene rings is 2. The minimum Gasteiger partial charge on any atom is -0.378 e. The number of hydrogen-bond donors (Lipinski definition) is 2. The van der Waals surface area contributed by atoms with E-state index < -0.39 is 17.2 Å².